The lowest BCUT2D eigenvalue weighted by Crippen LogP contribution is -2.14. The van der Waals surface area contributed by atoms with E-state index in [0.717, 1.165) is 22.7 Å². The van der Waals surface area contributed by atoms with Gasteiger partial charge >= 0.3 is 0 Å². The molecule has 0 amide bonds. The quantitative estimate of drug-likeness (QED) is 0.896. The van der Waals surface area contributed by atoms with Crippen LogP contribution in [0.4, 0.5) is 0 Å². The maximum Gasteiger partial charge on any atom is 0.0829 e. The first-order valence-electron chi connectivity index (χ1n) is 5.64. The third-order valence-electron chi connectivity index (χ3n) is 2.62. The van der Waals surface area contributed by atoms with Crippen LogP contribution in [-0.2, 0) is 13.5 Å². The van der Waals surface area contributed by atoms with Gasteiger partial charge in [-0.3, -0.25) is 4.68 Å². The van der Waals surface area contributed by atoms with E-state index in [1.54, 1.807) is 4.68 Å². The summed E-state index contributed by atoms with van der Waals surface area (Å²) in [5, 5.41) is 8.48. The topological polar surface area (TPSA) is 69.6 Å². The predicted molar refractivity (Wildman–Crippen MR) is 67.8 cm³/mol. The second kappa shape index (κ2) is 4.93. The van der Waals surface area contributed by atoms with Gasteiger partial charge in [0.15, 0.2) is 0 Å². The fraction of sp³-hybridized carbons (Fsp3) is 0.545. The number of hydrogen-bond donors (Lipinski definition) is 1. The molecule has 5 nitrogen and oxygen atoms in total. The van der Waals surface area contributed by atoms with E-state index in [0.29, 0.717) is 5.92 Å². The molecular weight excluding hydrogens is 234 g/mol. The molecule has 2 aromatic rings. The molecule has 0 aliphatic rings. The summed E-state index contributed by atoms with van der Waals surface area (Å²) >= 11 is 1.39. The summed E-state index contributed by atoms with van der Waals surface area (Å²) in [6, 6.07) is 1.92. The van der Waals surface area contributed by atoms with E-state index in [1.165, 1.54) is 11.5 Å². The fourth-order valence-electron chi connectivity index (χ4n) is 1.75. The van der Waals surface area contributed by atoms with Gasteiger partial charge in [-0.2, -0.15) is 5.10 Å². The number of nitrogens with two attached hydrogens (primary N) is 1. The van der Waals surface area contributed by atoms with E-state index in [2.05, 4.69) is 28.5 Å². The van der Waals surface area contributed by atoms with Crippen LogP contribution >= 0.6 is 11.5 Å². The molecule has 0 saturated heterocycles. The number of rotatable bonds is 4. The minimum atomic E-state index is -0.0673. The zero-order valence-corrected chi connectivity index (χ0v) is 11.1. The molecule has 2 heterocycles. The summed E-state index contributed by atoms with van der Waals surface area (Å²) in [4.78, 5) is 1.07. The van der Waals surface area contributed by atoms with Crippen LogP contribution < -0.4 is 5.73 Å². The van der Waals surface area contributed by atoms with Crippen LogP contribution in [0.2, 0.25) is 0 Å². The van der Waals surface area contributed by atoms with E-state index >= 15 is 0 Å². The molecule has 2 aromatic heterocycles. The van der Waals surface area contributed by atoms with Crippen molar-refractivity contribution in [3.8, 4) is 0 Å². The normalized spacial score (nSPS) is 13.2. The Labute approximate surface area is 105 Å². The van der Waals surface area contributed by atoms with Crippen LogP contribution in [0.1, 0.15) is 42.1 Å². The second-order valence-corrected chi connectivity index (χ2v) is 5.25. The van der Waals surface area contributed by atoms with Gasteiger partial charge in [0.2, 0.25) is 0 Å². The number of nitrogens with zero attached hydrogens (tertiary/aromatic N) is 4. The van der Waals surface area contributed by atoms with Crippen molar-refractivity contribution in [1.82, 2.24) is 19.4 Å². The zero-order valence-electron chi connectivity index (χ0n) is 10.3. The molecular formula is C11H17N5S. The molecule has 0 aliphatic heterocycles. The van der Waals surface area contributed by atoms with E-state index in [4.69, 9.17) is 5.73 Å². The van der Waals surface area contributed by atoms with Gasteiger partial charge in [0.05, 0.1) is 16.3 Å². The standard InChI is InChI=1S/C11H17N5S/c1-7(2)10-11(17-15-13-10)9(12)6-8-4-5-16(3)14-8/h4-5,7,9H,6,12H2,1-3H3. The molecule has 6 heteroatoms. The molecule has 0 radical (unpaired) electrons. The monoisotopic (exact) mass is 251 g/mol. The lowest BCUT2D eigenvalue weighted by molar-refractivity contribution is 0.667. The molecule has 0 fully saturated rings. The minimum absolute atomic E-state index is 0.0673. The van der Waals surface area contributed by atoms with Crippen LogP contribution in [0.3, 0.4) is 0 Å². The van der Waals surface area contributed by atoms with Gasteiger partial charge < -0.3 is 5.73 Å². The van der Waals surface area contributed by atoms with Crippen LogP contribution in [0.5, 0.6) is 0 Å². The van der Waals surface area contributed by atoms with Gasteiger partial charge in [-0.15, -0.1) is 5.10 Å². The molecule has 0 aliphatic carbocycles. The van der Waals surface area contributed by atoms with Crippen molar-refractivity contribution in [2.45, 2.75) is 32.2 Å². The summed E-state index contributed by atoms with van der Waals surface area (Å²) in [5.74, 6) is 0.360. The van der Waals surface area contributed by atoms with E-state index < -0.39 is 0 Å². The Balaban J connectivity index is 2.14. The van der Waals surface area contributed by atoms with Crippen molar-refractivity contribution in [2.24, 2.45) is 12.8 Å². The average Bonchev–Trinajstić information content (AvgIpc) is 2.86. The minimum Gasteiger partial charge on any atom is -0.323 e. The van der Waals surface area contributed by atoms with Gasteiger partial charge in [-0.25, -0.2) is 0 Å². The van der Waals surface area contributed by atoms with E-state index in [-0.39, 0.29) is 6.04 Å². The Morgan fingerprint density at radius 2 is 2.24 bits per heavy atom. The zero-order chi connectivity index (χ0) is 12.4. The van der Waals surface area contributed by atoms with Crippen molar-refractivity contribution in [3.05, 3.63) is 28.5 Å². The average molecular weight is 251 g/mol. The van der Waals surface area contributed by atoms with E-state index in [9.17, 15) is 0 Å². The van der Waals surface area contributed by atoms with Crippen molar-refractivity contribution in [3.63, 3.8) is 0 Å². The van der Waals surface area contributed by atoms with Crippen molar-refractivity contribution in [2.75, 3.05) is 0 Å². The summed E-state index contributed by atoms with van der Waals surface area (Å²) in [5.41, 5.74) is 8.22. The number of hydrogen-bond acceptors (Lipinski definition) is 5. The Hall–Kier alpha value is -1.27. The Kier molecular flexibility index (Phi) is 3.54. The highest BCUT2D eigenvalue weighted by molar-refractivity contribution is 7.05. The van der Waals surface area contributed by atoms with Crippen LogP contribution in [0.15, 0.2) is 12.3 Å². The largest absolute Gasteiger partial charge is 0.323 e. The fourth-order valence-corrected chi connectivity index (χ4v) is 2.56. The molecule has 1 unspecified atom stereocenters. The van der Waals surface area contributed by atoms with Crippen molar-refractivity contribution in [1.29, 1.82) is 0 Å². The van der Waals surface area contributed by atoms with Crippen LogP contribution in [0.25, 0.3) is 0 Å². The van der Waals surface area contributed by atoms with Crippen molar-refractivity contribution >= 4 is 11.5 Å². The SMILES string of the molecule is CC(C)c1nnsc1C(N)Cc1ccn(C)n1. The first-order valence-corrected chi connectivity index (χ1v) is 6.41. The summed E-state index contributed by atoms with van der Waals surface area (Å²) < 4.78 is 5.79. The molecule has 2 rings (SSSR count). The van der Waals surface area contributed by atoms with E-state index in [1.807, 2.05) is 19.3 Å². The molecule has 0 saturated carbocycles. The molecule has 0 bridgehead atoms. The van der Waals surface area contributed by atoms with Crippen molar-refractivity contribution < 1.29 is 0 Å². The second-order valence-electron chi connectivity index (χ2n) is 4.47. The highest BCUT2D eigenvalue weighted by atomic mass is 32.1. The third kappa shape index (κ3) is 2.70. The van der Waals surface area contributed by atoms with Crippen LogP contribution in [-0.4, -0.2) is 19.4 Å². The first kappa shape index (κ1) is 12.2. The maximum atomic E-state index is 6.20. The summed E-state index contributed by atoms with van der Waals surface area (Å²) in [6.07, 6.45) is 2.65. The molecule has 0 spiro atoms. The number of aromatic nitrogens is 4. The molecule has 92 valence electrons. The summed E-state index contributed by atoms with van der Waals surface area (Å²) in [7, 11) is 1.91. The van der Waals surface area contributed by atoms with Gasteiger partial charge in [0.1, 0.15) is 0 Å². The molecule has 17 heavy (non-hydrogen) atoms. The van der Waals surface area contributed by atoms with Crippen LogP contribution in [0, 0.1) is 0 Å². The first-order chi connectivity index (χ1) is 8.08. The van der Waals surface area contributed by atoms with Gasteiger partial charge in [0, 0.05) is 25.7 Å². The predicted octanol–water partition coefficient (Wildman–Crippen LogP) is 1.64. The highest BCUT2D eigenvalue weighted by Gasteiger charge is 2.19. The Morgan fingerprint density at radius 1 is 1.47 bits per heavy atom. The molecule has 1 atom stereocenters. The maximum absolute atomic E-state index is 6.20. The Bertz CT molecular complexity index is 488. The lowest BCUT2D eigenvalue weighted by Gasteiger charge is -2.10. The molecule has 0 aromatic carbocycles. The lowest BCUT2D eigenvalue weighted by atomic mass is 10.0. The Morgan fingerprint density at radius 3 is 2.82 bits per heavy atom. The van der Waals surface area contributed by atoms with Gasteiger partial charge in [-0.1, -0.05) is 18.3 Å². The highest BCUT2D eigenvalue weighted by Crippen LogP contribution is 2.26. The smallest absolute Gasteiger partial charge is 0.0829 e. The summed E-state index contributed by atoms with van der Waals surface area (Å²) in [6.45, 7) is 4.21. The molecule has 2 N–H and O–H groups in total. The number of aryl methyl sites for hydroxylation is 1. The van der Waals surface area contributed by atoms with Gasteiger partial charge in [0.25, 0.3) is 0 Å². The third-order valence-corrected chi connectivity index (χ3v) is 3.49. The van der Waals surface area contributed by atoms with Gasteiger partial charge in [-0.05, 0) is 23.5 Å².